The van der Waals surface area contributed by atoms with Gasteiger partial charge in [-0.2, -0.15) is 0 Å². The topological polar surface area (TPSA) is 74.8 Å². The highest BCUT2D eigenvalue weighted by Gasteiger charge is 2.27. The SMILES string of the molecule is Cc1cccc([C@@H](C)NC(=O)c2cnc(C3CC3)[nH]c2=O)c1C. The predicted octanol–water partition coefficient (Wildman–Crippen LogP) is 2.76. The minimum absolute atomic E-state index is 0.0616. The Balaban J connectivity index is 1.78. The molecule has 3 rings (SSSR count). The van der Waals surface area contributed by atoms with E-state index in [4.69, 9.17) is 0 Å². The second-order valence-electron chi connectivity index (χ2n) is 6.27. The molecule has 0 aliphatic heterocycles. The maximum atomic E-state index is 12.4. The van der Waals surface area contributed by atoms with E-state index in [1.807, 2.05) is 39.0 Å². The normalized spacial score (nSPS) is 15.3. The number of hydrogen-bond acceptors (Lipinski definition) is 3. The number of hydrogen-bond donors (Lipinski definition) is 2. The van der Waals surface area contributed by atoms with Gasteiger partial charge in [0.05, 0.1) is 6.04 Å². The quantitative estimate of drug-likeness (QED) is 0.911. The monoisotopic (exact) mass is 311 g/mol. The Labute approximate surface area is 135 Å². The molecule has 1 aliphatic carbocycles. The second kappa shape index (κ2) is 5.99. The van der Waals surface area contributed by atoms with Crippen LogP contribution in [-0.2, 0) is 0 Å². The van der Waals surface area contributed by atoms with Crippen molar-refractivity contribution in [2.24, 2.45) is 0 Å². The average molecular weight is 311 g/mol. The number of rotatable bonds is 4. The van der Waals surface area contributed by atoms with E-state index in [-0.39, 0.29) is 17.2 Å². The zero-order valence-electron chi connectivity index (χ0n) is 13.6. The molecule has 1 aliphatic rings. The minimum Gasteiger partial charge on any atom is -0.345 e. The lowest BCUT2D eigenvalue weighted by Crippen LogP contribution is -2.32. The van der Waals surface area contributed by atoms with Crippen molar-refractivity contribution in [3.05, 3.63) is 62.8 Å². The Bertz CT molecular complexity index is 806. The average Bonchev–Trinajstić information content (AvgIpc) is 3.34. The summed E-state index contributed by atoms with van der Waals surface area (Å²) in [4.78, 5) is 31.4. The van der Waals surface area contributed by atoms with Crippen molar-refractivity contribution in [2.45, 2.75) is 45.6 Å². The molecule has 1 aromatic carbocycles. The zero-order valence-corrected chi connectivity index (χ0v) is 13.6. The summed E-state index contributed by atoms with van der Waals surface area (Å²) in [7, 11) is 0. The first-order valence-electron chi connectivity index (χ1n) is 7.93. The lowest BCUT2D eigenvalue weighted by molar-refractivity contribution is 0.0937. The maximum absolute atomic E-state index is 12.4. The number of amides is 1. The van der Waals surface area contributed by atoms with Gasteiger partial charge in [-0.15, -0.1) is 0 Å². The summed E-state index contributed by atoms with van der Waals surface area (Å²) in [5.41, 5.74) is 3.07. The second-order valence-corrected chi connectivity index (χ2v) is 6.27. The zero-order chi connectivity index (χ0) is 16.6. The fourth-order valence-electron chi connectivity index (χ4n) is 2.73. The van der Waals surface area contributed by atoms with Crippen LogP contribution in [0.25, 0.3) is 0 Å². The molecule has 0 radical (unpaired) electrons. The van der Waals surface area contributed by atoms with Crippen LogP contribution in [0.1, 0.15) is 64.6 Å². The van der Waals surface area contributed by atoms with E-state index >= 15 is 0 Å². The fraction of sp³-hybridized carbons (Fsp3) is 0.389. The van der Waals surface area contributed by atoms with Crippen LogP contribution in [-0.4, -0.2) is 15.9 Å². The lowest BCUT2D eigenvalue weighted by Gasteiger charge is -2.17. The van der Waals surface area contributed by atoms with Crippen molar-refractivity contribution >= 4 is 5.91 Å². The number of carbonyl (C=O) groups excluding carboxylic acids is 1. The summed E-state index contributed by atoms with van der Waals surface area (Å²) in [6.45, 7) is 5.99. The number of nitrogens with one attached hydrogen (secondary N) is 2. The Kier molecular flexibility index (Phi) is 4.03. The number of aromatic nitrogens is 2. The van der Waals surface area contributed by atoms with Gasteiger partial charge in [-0.25, -0.2) is 4.98 Å². The molecule has 23 heavy (non-hydrogen) atoms. The third-order valence-electron chi connectivity index (χ3n) is 4.49. The molecule has 1 atom stereocenters. The highest BCUT2D eigenvalue weighted by Crippen LogP contribution is 2.37. The summed E-state index contributed by atoms with van der Waals surface area (Å²) >= 11 is 0. The van der Waals surface area contributed by atoms with Crippen LogP contribution in [0.4, 0.5) is 0 Å². The largest absolute Gasteiger partial charge is 0.345 e. The Morgan fingerprint density at radius 3 is 2.74 bits per heavy atom. The summed E-state index contributed by atoms with van der Waals surface area (Å²) in [5.74, 6) is 0.650. The molecular formula is C18H21N3O2. The Morgan fingerprint density at radius 2 is 2.09 bits per heavy atom. The predicted molar refractivity (Wildman–Crippen MR) is 88.6 cm³/mol. The van der Waals surface area contributed by atoms with Gasteiger partial charge in [0.15, 0.2) is 0 Å². The number of benzene rings is 1. The first-order valence-corrected chi connectivity index (χ1v) is 7.93. The molecule has 0 unspecified atom stereocenters. The molecule has 1 amide bonds. The highest BCUT2D eigenvalue weighted by atomic mass is 16.2. The smallest absolute Gasteiger partial charge is 0.263 e. The van der Waals surface area contributed by atoms with Crippen LogP contribution in [0.2, 0.25) is 0 Å². The molecule has 2 aromatic rings. The Hall–Kier alpha value is -2.43. The fourth-order valence-corrected chi connectivity index (χ4v) is 2.73. The van der Waals surface area contributed by atoms with Crippen LogP contribution in [0.15, 0.2) is 29.2 Å². The molecule has 0 bridgehead atoms. The molecule has 120 valence electrons. The van der Waals surface area contributed by atoms with Gasteiger partial charge < -0.3 is 10.3 Å². The van der Waals surface area contributed by atoms with Crippen molar-refractivity contribution in [2.75, 3.05) is 0 Å². The van der Waals surface area contributed by atoms with Gasteiger partial charge in [0, 0.05) is 12.1 Å². The van der Waals surface area contributed by atoms with Gasteiger partial charge in [-0.05, 0) is 50.3 Å². The summed E-state index contributed by atoms with van der Waals surface area (Å²) in [6.07, 6.45) is 3.49. The number of nitrogens with zero attached hydrogens (tertiary/aromatic N) is 1. The lowest BCUT2D eigenvalue weighted by atomic mass is 9.98. The van der Waals surface area contributed by atoms with Crippen molar-refractivity contribution < 1.29 is 4.79 Å². The molecule has 2 N–H and O–H groups in total. The summed E-state index contributed by atoms with van der Waals surface area (Å²) < 4.78 is 0. The molecule has 5 nitrogen and oxygen atoms in total. The van der Waals surface area contributed by atoms with Crippen molar-refractivity contribution in [3.8, 4) is 0 Å². The van der Waals surface area contributed by atoms with E-state index in [1.54, 1.807) is 0 Å². The van der Waals surface area contributed by atoms with E-state index in [9.17, 15) is 9.59 Å². The minimum atomic E-state index is -0.394. The van der Waals surface area contributed by atoms with Crippen molar-refractivity contribution in [1.82, 2.24) is 15.3 Å². The molecular weight excluding hydrogens is 290 g/mol. The van der Waals surface area contributed by atoms with E-state index < -0.39 is 5.91 Å². The number of aryl methyl sites for hydroxylation is 1. The maximum Gasteiger partial charge on any atom is 0.263 e. The van der Waals surface area contributed by atoms with Gasteiger partial charge in [-0.1, -0.05) is 18.2 Å². The molecule has 1 aromatic heterocycles. The van der Waals surface area contributed by atoms with Crippen LogP contribution in [0.3, 0.4) is 0 Å². The van der Waals surface area contributed by atoms with Gasteiger partial charge >= 0.3 is 0 Å². The van der Waals surface area contributed by atoms with E-state index in [0.29, 0.717) is 11.7 Å². The molecule has 5 heteroatoms. The molecule has 1 heterocycles. The van der Waals surface area contributed by atoms with E-state index in [0.717, 1.165) is 24.0 Å². The molecule has 0 saturated heterocycles. The van der Waals surface area contributed by atoms with E-state index in [1.165, 1.54) is 11.8 Å². The van der Waals surface area contributed by atoms with Gasteiger partial charge in [0.2, 0.25) is 0 Å². The highest BCUT2D eigenvalue weighted by molar-refractivity contribution is 5.93. The molecule has 0 spiro atoms. The van der Waals surface area contributed by atoms with Crippen LogP contribution < -0.4 is 10.9 Å². The summed E-state index contributed by atoms with van der Waals surface area (Å²) in [6, 6.07) is 5.83. The number of aromatic amines is 1. The third kappa shape index (κ3) is 3.18. The van der Waals surface area contributed by atoms with Gasteiger partial charge in [-0.3, -0.25) is 9.59 Å². The molecule has 1 fully saturated rings. The van der Waals surface area contributed by atoms with Crippen molar-refractivity contribution in [3.63, 3.8) is 0 Å². The van der Waals surface area contributed by atoms with E-state index in [2.05, 4.69) is 15.3 Å². The summed E-state index contributed by atoms with van der Waals surface area (Å²) in [5, 5.41) is 2.89. The van der Waals surface area contributed by atoms with Crippen LogP contribution in [0, 0.1) is 13.8 Å². The van der Waals surface area contributed by atoms with Crippen LogP contribution in [0.5, 0.6) is 0 Å². The first kappa shape index (κ1) is 15.5. The first-order chi connectivity index (χ1) is 11.0. The standard InChI is InChI=1S/C18H21N3O2/c1-10-5-4-6-14(11(10)2)12(3)20-17(22)15-9-19-16(13-7-8-13)21-18(15)23/h4-6,9,12-13H,7-8H2,1-3H3,(H,20,22)(H,19,21,23)/t12-/m1/s1. The molecule has 1 saturated carbocycles. The Morgan fingerprint density at radius 1 is 1.35 bits per heavy atom. The number of H-pyrrole nitrogens is 1. The third-order valence-corrected chi connectivity index (χ3v) is 4.49. The van der Waals surface area contributed by atoms with Gasteiger partial charge in [0.25, 0.3) is 11.5 Å². The number of carbonyl (C=O) groups is 1. The van der Waals surface area contributed by atoms with Gasteiger partial charge in [0.1, 0.15) is 11.4 Å². The van der Waals surface area contributed by atoms with Crippen LogP contribution >= 0.6 is 0 Å². The van der Waals surface area contributed by atoms with Crippen molar-refractivity contribution in [1.29, 1.82) is 0 Å².